The molecule has 0 saturated carbocycles. The molecule has 1 rings (SSSR count). The van der Waals surface area contributed by atoms with E-state index >= 15 is 0 Å². The predicted molar refractivity (Wildman–Crippen MR) is 68.5 cm³/mol. The molecule has 0 aliphatic heterocycles. The van der Waals surface area contributed by atoms with Crippen LogP contribution in [0.1, 0.15) is 44.1 Å². The van der Waals surface area contributed by atoms with Gasteiger partial charge in [-0.1, -0.05) is 56.2 Å². The van der Waals surface area contributed by atoms with Crippen molar-refractivity contribution in [2.24, 2.45) is 0 Å². The first kappa shape index (κ1) is 12.7. The first-order valence-electron chi connectivity index (χ1n) is 6.03. The average molecular weight is 216 g/mol. The zero-order valence-electron chi connectivity index (χ0n) is 9.93. The van der Waals surface area contributed by atoms with Crippen LogP contribution in [0, 0.1) is 0 Å². The maximum atomic E-state index is 10.3. The molecule has 0 aromatic heterocycles. The van der Waals surface area contributed by atoms with Gasteiger partial charge in [0.25, 0.3) is 0 Å². The third kappa shape index (κ3) is 4.43. The van der Waals surface area contributed by atoms with Gasteiger partial charge in [-0.05, 0) is 30.4 Å². The lowest BCUT2D eigenvalue weighted by molar-refractivity contribution is -0.104. The van der Waals surface area contributed by atoms with Crippen molar-refractivity contribution in [1.29, 1.82) is 0 Å². The van der Waals surface area contributed by atoms with Gasteiger partial charge in [0.1, 0.15) is 6.29 Å². The molecule has 1 unspecified atom stereocenters. The van der Waals surface area contributed by atoms with Crippen LogP contribution in [-0.2, 0) is 4.79 Å². The molecule has 86 valence electrons. The third-order valence-corrected chi connectivity index (χ3v) is 2.81. The van der Waals surface area contributed by atoms with Gasteiger partial charge < -0.3 is 0 Å². The largest absolute Gasteiger partial charge is 0.299 e. The maximum absolute atomic E-state index is 10.3. The van der Waals surface area contributed by atoms with Gasteiger partial charge in [0.05, 0.1) is 0 Å². The van der Waals surface area contributed by atoms with Crippen molar-refractivity contribution in [2.75, 3.05) is 0 Å². The molecule has 1 nitrogen and oxygen atoms in total. The Balaban J connectivity index is 2.63. The highest BCUT2D eigenvalue weighted by Gasteiger charge is 2.08. The standard InChI is InChI=1S/C15H20O/c1-2-3-9-14(12-7-8-13-16)15-10-5-4-6-11-15/h4-8,10-11,13-14H,2-3,9,12H2,1H3/b8-7+. The second kappa shape index (κ2) is 7.86. The van der Waals surface area contributed by atoms with Crippen molar-refractivity contribution in [3.63, 3.8) is 0 Å². The monoisotopic (exact) mass is 216 g/mol. The quantitative estimate of drug-likeness (QED) is 0.495. The Hall–Kier alpha value is -1.37. The predicted octanol–water partition coefficient (Wildman–Crippen LogP) is 4.11. The molecule has 0 saturated heterocycles. The fraction of sp³-hybridized carbons (Fsp3) is 0.400. The Morgan fingerprint density at radius 3 is 2.62 bits per heavy atom. The summed E-state index contributed by atoms with van der Waals surface area (Å²) in [5.74, 6) is 0.553. The molecule has 0 heterocycles. The van der Waals surface area contributed by atoms with Gasteiger partial charge in [-0.2, -0.15) is 0 Å². The Labute approximate surface area is 98.2 Å². The summed E-state index contributed by atoms with van der Waals surface area (Å²) in [4.78, 5) is 10.3. The second-order valence-corrected chi connectivity index (χ2v) is 4.05. The van der Waals surface area contributed by atoms with Crippen molar-refractivity contribution >= 4 is 6.29 Å². The van der Waals surface area contributed by atoms with Gasteiger partial charge in [0.15, 0.2) is 0 Å². The van der Waals surface area contributed by atoms with Crippen LogP contribution in [0.25, 0.3) is 0 Å². The zero-order valence-corrected chi connectivity index (χ0v) is 9.93. The normalized spacial score (nSPS) is 12.8. The maximum Gasteiger partial charge on any atom is 0.142 e. The Morgan fingerprint density at radius 1 is 1.25 bits per heavy atom. The second-order valence-electron chi connectivity index (χ2n) is 4.05. The summed E-state index contributed by atoms with van der Waals surface area (Å²) in [6, 6.07) is 10.6. The number of unbranched alkanes of at least 4 members (excludes halogenated alkanes) is 1. The highest BCUT2D eigenvalue weighted by molar-refractivity contribution is 5.64. The zero-order chi connectivity index (χ0) is 11.6. The molecule has 1 aromatic rings. The molecule has 1 heteroatoms. The molecule has 0 N–H and O–H groups in total. The number of rotatable bonds is 7. The highest BCUT2D eigenvalue weighted by Crippen LogP contribution is 2.25. The van der Waals surface area contributed by atoms with Gasteiger partial charge in [-0.25, -0.2) is 0 Å². The molecule has 1 aromatic carbocycles. The van der Waals surface area contributed by atoms with Crippen LogP contribution >= 0.6 is 0 Å². The van der Waals surface area contributed by atoms with Crippen LogP contribution in [0.2, 0.25) is 0 Å². The van der Waals surface area contributed by atoms with E-state index in [0.29, 0.717) is 5.92 Å². The van der Waals surface area contributed by atoms with Gasteiger partial charge >= 0.3 is 0 Å². The van der Waals surface area contributed by atoms with E-state index in [0.717, 1.165) is 12.7 Å². The minimum Gasteiger partial charge on any atom is -0.299 e. The number of hydrogen-bond donors (Lipinski definition) is 0. The topological polar surface area (TPSA) is 17.1 Å². The van der Waals surface area contributed by atoms with Crippen LogP contribution < -0.4 is 0 Å². The molecule has 0 aliphatic rings. The van der Waals surface area contributed by atoms with Gasteiger partial charge in [0.2, 0.25) is 0 Å². The molecule has 0 radical (unpaired) electrons. The highest BCUT2D eigenvalue weighted by atomic mass is 16.1. The molecule has 1 atom stereocenters. The molecule has 16 heavy (non-hydrogen) atoms. The van der Waals surface area contributed by atoms with Crippen LogP contribution in [0.5, 0.6) is 0 Å². The van der Waals surface area contributed by atoms with Crippen LogP contribution in [0.15, 0.2) is 42.5 Å². The van der Waals surface area contributed by atoms with Crippen molar-refractivity contribution < 1.29 is 4.79 Å². The molecular weight excluding hydrogens is 196 g/mol. The Bertz CT molecular complexity index is 313. The van der Waals surface area contributed by atoms with Crippen LogP contribution in [0.4, 0.5) is 0 Å². The number of aldehydes is 1. The van der Waals surface area contributed by atoms with E-state index in [2.05, 4.69) is 31.2 Å². The van der Waals surface area contributed by atoms with Crippen LogP contribution in [-0.4, -0.2) is 6.29 Å². The smallest absolute Gasteiger partial charge is 0.142 e. The molecule has 0 bridgehead atoms. The minimum atomic E-state index is 0.553. The van der Waals surface area contributed by atoms with Crippen molar-refractivity contribution in [2.45, 2.75) is 38.5 Å². The summed E-state index contributed by atoms with van der Waals surface area (Å²) in [5, 5.41) is 0. The lowest BCUT2D eigenvalue weighted by atomic mass is 9.90. The molecular formula is C15H20O. The van der Waals surface area contributed by atoms with Gasteiger partial charge in [-0.3, -0.25) is 4.79 Å². The van der Waals surface area contributed by atoms with E-state index in [1.807, 2.05) is 12.1 Å². The summed E-state index contributed by atoms with van der Waals surface area (Å²) >= 11 is 0. The SMILES string of the molecule is CCCCC(C/C=C/C=O)c1ccccc1. The van der Waals surface area contributed by atoms with Crippen molar-refractivity contribution in [1.82, 2.24) is 0 Å². The number of carbonyl (C=O) groups excluding carboxylic acids is 1. The lowest BCUT2D eigenvalue weighted by Crippen LogP contribution is -1.97. The van der Waals surface area contributed by atoms with E-state index < -0.39 is 0 Å². The molecule has 0 spiro atoms. The van der Waals surface area contributed by atoms with E-state index in [1.165, 1.54) is 24.8 Å². The molecule has 0 aliphatic carbocycles. The summed E-state index contributed by atoms with van der Waals surface area (Å²) < 4.78 is 0. The third-order valence-electron chi connectivity index (χ3n) is 2.81. The molecule has 0 fully saturated rings. The lowest BCUT2D eigenvalue weighted by Gasteiger charge is -2.14. The minimum absolute atomic E-state index is 0.553. The van der Waals surface area contributed by atoms with E-state index in [1.54, 1.807) is 6.08 Å². The number of hydrogen-bond acceptors (Lipinski definition) is 1. The Morgan fingerprint density at radius 2 is 2.00 bits per heavy atom. The van der Waals surface area contributed by atoms with Crippen molar-refractivity contribution in [3.8, 4) is 0 Å². The number of allylic oxidation sites excluding steroid dienone is 2. The Kier molecular flexibility index (Phi) is 6.24. The number of carbonyl (C=O) groups is 1. The van der Waals surface area contributed by atoms with Crippen LogP contribution in [0.3, 0.4) is 0 Å². The van der Waals surface area contributed by atoms with Gasteiger partial charge in [0, 0.05) is 0 Å². The van der Waals surface area contributed by atoms with Crippen molar-refractivity contribution in [3.05, 3.63) is 48.0 Å². The first-order chi connectivity index (χ1) is 7.88. The summed E-state index contributed by atoms with van der Waals surface area (Å²) in [6.45, 7) is 2.21. The summed E-state index contributed by atoms with van der Waals surface area (Å²) in [5.41, 5.74) is 1.38. The summed E-state index contributed by atoms with van der Waals surface area (Å²) in [6.07, 6.45) is 9.05. The molecule has 0 amide bonds. The fourth-order valence-corrected chi connectivity index (χ4v) is 1.89. The summed E-state index contributed by atoms with van der Waals surface area (Å²) in [7, 11) is 0. The van der Waals surface area contributed by atoms with E-state index in [-0.39, 0.29) is 0 Å². The number of benzene rings is 1. The van der Waals surface area contributed by atoms with E-state index in [4.69, 9.17) is 0 Å². The van der Waals surface area contributed by atoms with E-state index in [9.17, 15) is 4.79 Å². The average Bonchev–Trinajstić information content (AvgIpc) is 2.35. The van der Waals surface area contributed by atoms with Gasteiger partial charge in [-0.15, -0.1) is 0 Å². The first-order valence-corrected chi connectivity index (χ1v) is 6.03. The fourth-order valence-electron chi connectivity index (χ4n) is 1.89.